The van der Waals surface area contributed by atoms with E-state index in [0.29, 0.717) is 18.7 Å². The van der Waals surface area contributed by atoms with Crippen molar-refractivity contribution >= 4 is 0 Å². The maximum atomic E-state index is 13.7. The van der Waals surface area contributed by atoms with Gasteiger partial charge >= 0.3 is 0 Å². The number of aliphatic hydroxyl groups excluding tert-OH is 1. The summed E-state index contributed by atoms with van der Waals surface area (Å²) in [5, 5.41) is 13.3. The summed E-state index contributed by atoms with van der Waals surface area (Å²) in [7, 11) is 0. The first-order valence-corrected chi connectivity index (χ1v) is 8.62. The molecule has 0 saturated carbocycles. The highest BCUT2D eigenvalue weighted by molar-refractivity contribution is 5.33. The highest BCUT2D eigenvalue weighted by Crippen LogP contribution is 2.20. The molecule has 0 aromatic heterocycles. The number of hydrogen-bond donors (Lipinski definition) is 2. The van der Waals surface area contributed by atoms with Crippen LogP contribution in [0.5, 0.6) is 5.75 Å². The van der Waals surface area contributed by atoms with Crippen molar-refractivity contribution in [1.29, 1.82) is 0 Å². The molecule has 0 radical (unpaired) electrons. The average molecular weight is 351 g/mol. The first-order valence-electron chi connectivity index (χ1n) is 8.62. The van der Waals surface area contributed by atoms with E-state index >= 15 is 0 Å². The zero-order chi connectivity index (χ0) is 18.2. The molecule has 3 aromatic rings. The first kappa shape index (κ1) is 18.1. The number of hydrogen-bond acceptors (Lipinski definition) is 3. The van der Waals surface area contributed by atoms with Gasteiger partial charge in [0.15, 0.2) is 0 Å². The molecular formula is C22H22FNO2. The second-order valence-corrected chi connectivity index (χ2v) is 6.05. The van der Waals surface area contributed by atoms with Gasteiger partial charge in [-0.25, -0.2) is 4.39 Å². The predicted molar refractivity (Wildman–Crippen MR) is 100 cm³/mol. The van der Waals surface area contributed by atoms with Crippen LogP contribution in [0.25, 0.3) is 0 Å². The van der Waals surface area contributed by atoms with E-state index < -0.39 is 11.9 Å². The Bertz CT molecular complexity index is 823. The van der Waals surface area contributed by atoms with E-state index in [2.05, 4.69) is 5.32 Å². The van der Waals surface area contributed by atoms with Crippen molar-refractivity contribution in [3.05, 3.63) is 101 Å². The molecule has 3 nitrogen and oxygen atoms in total. The third-order valence-electron chi connectivity index (χ3n) is 4.13. The van der Waals surface area contributed by atoms with Crippen molar-refractivity contribution in [2.24, 2.45) is 0 Å². The Hall–Kier alpha value is -2.69. The summed E-state index contributed by atoms with van der Waals surface area (Å²) < 4.78 is 19.6. The van der Waals surface area contributed by atoms with Gasteiger partial charge in [0.25, 0.3) is 0 Å². The fraction of sp³-hybridized carbons (Fsp3) is 0.182. The Kier molecular flexibility index (Phi) is 6.36. The summed E-state index contributed by atoms with van der Waals surface area (Å²) in [6, 6.07) is 24.0. The third-order valence-corrected chi connectivity index (χ3v) is 4.13. The second-order valence-electron chi connectivity index (χ2n) is 6.05. The summed E-state index contributed by atoms with van der Waals surface area (Å²) in [5.74, 6) is 0.401. The van der Waals surface area contributed by atoms with Crippen molar-refractivity contribution in [3.63, 3.8) is 0 Å². The maximum absolute atomic E-state index is 13.7. The lowest BCUT2D eigenvalue weighted by molar-refractivity contribution is 0.169. The molecule has 134 valence electrons. The molecule has 0 fully saturated rings. The van der Waals surface area contributed by atoms with Gasteiger partial charge in [0.2, 0.25) is 0 Å². The third kappa shape index (κ3) is 4.91. The summed E-state index contributed by atoms with van der Waals surface area (Å²) in [5.41, 5.74) is 2.39. The molecule has 0 aliphatic carbocycles. The van der Waals surface area contributed by atoms with Crippen LogP contribution in [0.3, 0.4) is 0 Å². The Morgan fingerprint density at radius 2 is 1.58 bits per heavy atom. The van der Waals surface area contributed by atoms with Crippen molar-refractivity contribution < 1.29 is 14.2 Å². The monoisotopic (exact) mass is 351 g/mol. The van der Waals surface area contributed by atoms with Crippen LogP contribution in [0.4, 0.5) is 4.39 Å². The van der Waals surface area contributed by atoms with E-state index in [-0.39, 0.29) is 6.54 Å². The first-order chi connectivity index (χ1) is 12.7. The van der Waals surface area contributed by atoms with Gasteiger partial charge in [-0.3, -0.25) is 0 Å². The fourth-order valence-corrected chi connectivity index (χ4v) is 2.72. The zero-order valence-electron chi connectivity index (χ0n) is 14.4. The maximum Gasteiger partial charge on any atom is 0.129 e. The SMILES string of the molecule is O[C@@H](CNCc1ccccc1OCc1ccccc1)c1ccccc1F. The fourth-order valence-electron chi connectivity index (χ4n) is 2.72. The molecule has 0 aliphatic rings. The minimum Gasteiger partial charge on any atom is -0.489 e. The number of para-hydroxylation sites is 1. The zero-order valence-corrected chi connectivity index (χ0v) is 14.4. The Labute approximate surface area is 153 Å². The number of halogens is 1. The Morgan fingerprint density at radius 3 is 2.38 bits per heavy atom. The largest absolute Gasteiger partial charge is 0.489 e. The molecule has 0 heterocycles. The van der Waals surface area contributed by atoms with Gasteiger partial charge in [0, 0.05) is 24.2 Å². The molecule has 2 N–H and O–H groups in total. The number of ether oxygens (including phenoxy) is 1. The molecule has 0 bridgehead atoms. The van der Waals surface area contributed by atoms with E-state index in [1.54, 1.807) is 18.2 Å². The highest BCUT2D eigenvalue weighted by Gasteiger charge is 2.12. The van der Waals surface area contributed by atoms with Crippen LogP contribution in [-0.2, 0) is 13.2 Å². The highest BCUT2D eigenvalue weighted by atomic mass is 19.1. The van der Waals surface area contributed by atoms with Crippen molar-refractivity contribution in [2.75, 3.05) is 6.54 Å². The van der Waals surface area contributed by atoms with E-state index in [1.165, 1.54) is 6.07 Å². The van der Waals surface area contributed by atoms with Crippen LogP contribution < -0.4 is 10.1 Å². The van der Waals surface area contributed by atoms with E-state index in [4.69, 9.17) is 4.74 Å². The molecule has 0 amide bonds. The van der Waals surface area contributed by atoms with Crippen molar-refractivity contribution in [2.45, 2.75) is 19.3 Å². The molecule has 3 aromatic carbocycles. The van der Waals surface area contributed by atoms with Crippen LogP contribution in [-0.4, -0.2) is 11.7 Å². The van der Waals surface area contributed by atoms with Gasteiger partial charge in [-0.15, -0.1) is 0 Å². The Balaban J connectivity index is 1.56. The van der Waals surface area contributed by atoms with Crippen molar-refractivity contribution in [1.82, 2.24) is 5.32 Å². The molecule has 0 saturated heterocycles. The van der Waals surface area contributed by atoms with Gasteiger partial charge in [-0.2, -0.15) is 0 Å². The number of rotatable bonds is 8. The number of aliphatic hydroxyl groups is 1. The van der Waals surface area contributed by atoms with Crippen LogP contribution in [0.1, 0.15) is 22.8 Å². The van der Waals surface area contributed by atoms with Gasteiger partial charge in [0.05, 0.1) is 6.10 Å². The van der Waals surface area contributed by atoms with E-state index in [1.807, 2.05) is 54.6 Å². The lowest BCUT2D eigenvalue weighted by Gasteiger charge is -2.15. The minimum absolute atomic E-state index is 0.258. The molecule has 4 heteroatoms. The van der Waals surface area contributed by atoms with E-state index in [9.17, 15) is 9.50 Å². The summed E-state index contributed by atoms with van der Waals surface area (Å²) >= 11 is 0. The second kappa shape index (κ2) is 9.13. The van der Waals surface area contributed by atoms with Crippen LogP contribution in [0, 0.1) is 5.82 Å². The molecule has 0 unspecified atom stereocenters. The van der Waals surface area contributed by atoms with Gasteiger partial charge < -0.3 is 15.2 Å². The summed E-state index contributed by atoms with van der Waals surface area (Å²) in [6.07, 6.45) is -0.895. The topological polar surface area (TPSA) is 41.5 Å². The lowest BCUT2D eigenvalue weighted by Crippen LogP contribution is -2.22. The van der Waals surface area contributed by atoms with Gasteiger partial charge in [0.1, 0.15) is 18.2 Å². The van der Waals surface area contributed by atoms with Crippen molar-refractivity contribution in [3.8, 4) is 5.75 Å². The molecule has 0 aliphatic heterocycles. The van der Waals surface area contributed by atoms with Gasteiger partial charge in [-0.1, -0.05) is 66.7 Å². The predicted octanol–water partition coefficient (Wildman–Crippen LogP) is 4.23. The molecular weight excluding hydrogens is 329 g/mol. The minimum atomic E-state index is -0.895. The summed E-state index contributed by atoms with van der Waals surface area (Å²) in [4.78, 5) is 0. The quantitative estimate of drug-likeness (QED) is 0.638. The standard InChI is InChI=1S/C22H22FNO2/c23-20-12-6-5-11-19(20)21(25)15-24-14-18-10-4-7-13-22(18)26-16-17-8-2-1-3-9-17/h1-13,21,24-25H,14-16H2/t21-/m0/s1. The Morgan fingerprint density at radius 1 is 0.885 bits per heavy atom. The molecule has 3 rings (SSSR count). The lowest BCUT2D eigenvalue weighted by atomic mass is 10.1. The van der Waals surface area contributed by atoms with Crippen LogP contribution in [0.2, 0.25) is 0 Å². The smallest absolute Gasteiger partial charge is 0.129 e. The molecule has 1 atom stereocenters. The average Bonchev–Trinajstić information content (AvgIpc) is 2.68. The van der Waals surface area contributed by atoms with Crippen LogP contribution >= 0.6 is 0 Å². The molecule has 0 spiro atoms. The van der Waals surface area contributed by atoms with Crippen LogP contribution in [0.15, 0.2) is 78.9 Å². The molecule has 26 heavy (non-hydrogen) atoms. The number of nitrogens with one attached hydrogen (secondary N) is 1. The van der Waals surface area contributed by atoms with E-state index in [0.717, 1.165) is 16.9 Å². The number of benzene rings is 3. The summed E-state index contributed by atoms with van der Waals surface area (Å²) in [6.45, 7) is 1.28. The normalized spacial score (nSPS) is 11.9. The van der Waals surface area contributed by atoms with Gasteiger partial charge in [-0.05, 0) is 17.7 Å².